The molecule has 1 N–H and O–H groups in total. The Morgan fingerprint density at radius 3 is 2.63 bits per heavy atom. The van der Waals surface area contributed by atoms with E-state index >= 15 is 0 Å². The minimum absolute atomic E-state index is 0.0443. The smallest absolute Gasteiger partial charge is 0.254 e. The highest BCUT2D eigenvalue weighted by Gasteiger charge is 2.35. The summed E-state index contributed by atoms with van der Waals surface area (Å²) in [4.78, 5) is 24.4. The summed E-state index contributed by atoms with van der Waals surface area (Å²) in [6.07, 6.45) is 3.62. The van der Waals surface area contributed by atoms with Crippen LogP contribution in [-0.4, -0.2) is 41.2 Å². The lowest BCUT2D eigenvalue weighted by Gasteiger charge is -2.38. The van der Waals surface area contributed by atoms with Crippen LogP contribution in [0, 0.1) is 11.2 Å². The van der Waals surface area contributed by atoms with Crippen molar-refractivity contribution in [2.75, 3.05) is 18.0 Å². The summed E-state index contributed by atoms with van der Waals surface area (Å²) in [7, 11) is 0. The number of rotatable bonds is 3. The topological polar surface area (TPSA) is 67.4 Å². The molecule has 1 aromatic carbocycles. The van der Waals surface area contributed by atoms with Crippen LogP contribution in [0.3, 0.4) is 0 Å². The van der Waals surface area contributed by atoms with Crippen LogP contribution < -0.4 is 10.2 Å². The molecule has 4 rings (SSSR count). The van der Waals surface area contributed by atoms with Crippen LogP contribution in [0.25, 0.3) is 0 Å². The van der Waals surface area contributed by atoms with Gasteiger partial charge in [0.2, 0.25) is 5.95 Å². The standard InChI is InChI=1S/C23H29FN4O2/c1-14-12-28(13-15(2)30-14)22-25-11-17-19(9-23(3,4)10-20(17)27-22)26-21(29)16-7-5-6-8-18(16)24/h5-8,11,14-15,19H,9-10,12-13H2,1-4H3,(H,26,29)/t14-,15+,19-/m0/s1. The highest BCUT2D eigenvalue weighted by atomic mass is 19.1. The molecule has 6 nitrogen and oxygen atoms in total. The Balaban J connectivity index is 1.61. The van der Waals surface area contributed by atoms with Gasteiger partial charge in [-0.2, -0.15) is 0 Å². The van der Waals surface area contributed by atoms with Crippen LogP contribution in [0.1, 0.15) is 61.8 Å². The number of carbonyl (C=O) groups is 1. The fourth-order valence-electron chi connectivity index (χ4n) is 4.54. The Morgan fingerprint density at radius 1 is 1.23 bits per heavy atom. The van der Waals surface area contributed by atoms with E-state index < -0.39 is 11.7 Å². The van der Waals surface area contributed by atoms with Gasteiger partial charge in [0.25, 0.3) is 5.91 Å². The van der Waals surface area contributed by atoms with Crippen molar-refractivity contribution in [1.29, 1.82) is 0 Å². The monoisotopic (exact) mass is 412 g/mol. The van der Waals surface area contributed by atoms with Crippen molar-refractivity contribution in [2.45, 2.75) is 58.8 Å². The van der Waals surface area contributed by atoms with Crippen molar-refractivity contribution in [3.63, 3.8) is 0 Å². The number of hydrogen-bond donors (Lipinski definition) is 1. The number of ether oxygens (including phenoxy) is 1. The molecule has 2 aliphatic rings. The van der Waals surface area contributed by atoms with Gasteiger partial charge in [-0.3, -0.25) is 4.79 Å². The van der Waals surface area contributed by atoms with Gasteiger partial charge in [-0.15, -0.1) is 0 Å². The zero-order valence-electron chi connectivity index (χ0n) is 18.0. The first-order chi connectivity index (χ1) is 14.2. The third-order valence-corrected chi connectivity index (χ3v) is 5.79. The van der Waals surface area contributed by atoms with E-state index in [-0.39, 0.29) is 29.2 Å². The molecule has 0 radical (unpaired) electrons. The molecule has 1 aliphatic carbocycles. The minimum atomic E-state index is -0.521. The fourth-order valence-corrected chi connectivity index (χ4v) is 4.54. The van der Waals surface area contributed by atoms with Gasteiger partial charge in [-0.1, -0.05) is 26.0 Å². The predicted molar refractivity (Wildman–Crippen MR) is 113 cm³/mol. The maximum absolute atomic E-state index is 14.1. The number of carbonyl (C=O) groups excluding carboxylic acids is 1. The number of aromatic nitrogens is 2. The van der Waals surface area contributed by atoms with E-state index in [0.29, 0.717) is 5.95 Å². The van der Waals surface area contributed by atoms with Crippen LogP contribution in [0.2, 0.25) is 0 Å². The SMILES string of the molecule is C[C@@H]1CN(c2ncc3c(n2)CC(C)(C)C[C@@H]3NC(=O)c2ccccc2F)C[C@H](C)O1. The molecule has 0 bridgehead atoms. The average molecular weight is 413 g/mol. The van der Waals surface area contributed by atoms with E-state index in [1.165, 1.54) is 12.1 Å². The van der Waals surface area contributed by atoms with Crippen LogP contribution in [0.4, 0.5) is 10.3 Å². The molecule has 1 aromatic heterocycles. The molecule has 1 saturated heterocycles. The predicted octanol–water partition coefficient (Wildman–Crippen LogP) is 3.67. The summed E-state index contributed by atoms with van der Waals surface area (Å²) in [6.45, 7) is 9.94. The number of amides is 1. The second kappa shape index (κ2) is 7.95. The van der Waals surface area contributed by atoms with Crippen LogP contribution in [-0.2, 0) is 11.2 Å². The first-order valence-electron chi connectivity index (χ1n) is 10.5. The molecule has 160 valence electrons. The second-order valence-corrected chi connectivity index (χ2v) is 9.29. The van der Waals surface area contributed by atoms with E-state index in [4.69, 9.17) is 9.72 Å². The Morgan fingerprint density at radius 2 is 1.93 bits per heavy atom. The Labute approximate surface area is 176 Å². The van der Waals surface area contributed by atoms with E-state index in [0.717, 1.165) is 37.2 Å². The minimum Gasteiger partial charge on any atom is -0.372 e. The quantitative estimate of drug-likeness (QED) is 0.833. The van der Waals surface area contributed by atoms with Crippen LogP contribution in [0.5, 0.6) is 0 Å². The Hall–Kier alpha value is -2.54. The molecular weight excluding hydrogens is 383 g/mol. The lowest BCUT2D eigenvalue weighted by Crippen LogP contribution is -2.46. The highest BCUT2D eigenvalue weighted by Crippen LogP contribution is 2.40. The third kappa shape index (κ3) is 4.31. The van der Waals surface area contributed by atoms with E-state index in [1.54, 1.807) is 12.1 Å². The second-order valence-electron chi connectivity index (χ2n) is 9.29. The van der Waals surface area contributed by atoms with Crippen molar-refractivity contribution in [3.05, 3.63) is 53.1 Å². The summed E-state index contributed by atoms with van der Waals surface area (Å²) in [6, 6.07) is 5.78. The lowest BCUT2D eigenvalue weighted by molar-refractivity contribution is -0.00575. The van der Waals surface area contributed by atoms with E-state index in [2.05, 4.69) is 42.9 Å². The van der Waals surface area contributed by atoms with E-state index in [1.807, 2.05) is 6.20 Å². The summed E-state index contributed by atoms with van der Waals surface area (Å²) in [5.41, 5.74) is 1.87. The largest absolute Gasteiger partial charge is 0.372 e. The normalized spacial score (nSPS) is 25.5. The van der Waals surface area contributed by atoms with Gasteiger partial charge in [-0.05, 0) is 44.2 Å². The molecule has 2 aromatic rings. The molecule has 0 spiro atoms. The van der Waals surface area contributed by atoms with Gasteiger partial charge < -0.3 is 15.0 Å². The zero-order valence-corrected chi connectivity index (χ0v) is 18.0. The summed E-state index contributed by atoms with van der Waals surface area (Å²) < 4.78 is 19.9. The molecule has 2 heterocycles. The van der Waals surface area contributed by atoms with Gasteiger partial charge in [-0.25, -0.2) is 14.4 Å². The zero-order chi connectivity index (χ0) is 21.5. The number of nitrogens with zero attached hydrogens (tertiary/aromatic N) is 3. The number of anilines is 1. The highest BCUT2D eigenvalue weighted by molar-refractivity contribution is 5.94. The number of hydrogen-bond acceptors (Lipinski definition) is 5. The number of benzene rings is 1. The van der Waals surface area contributed by atoms with Crippen LogP contribution in [0.15, 0.2) is 30.5 Å². The molecule has 0 unspecified atom stereocenters. The van der Waals surface area contributed by atoms with Gasteiger partial charge in [0, 0.05) is 24.8 Å². The first kappa shape index (κ1) is 20.7. The molecule has 1 aliphatic heterocycles. The van der Waals surface area contributed by atoms with E-state index in [9.17, 15) is 9.18 Å². The molecule has 1 amide bonds. The number of fused-ring (bicyclic) bond motifs is 1. The molecular formula is C23H29FN4O2. The summed E-state index contributed by atoms with van der Waals surface area (Å²) in [5, 5.41) is 3.01. The average Bonchev–Trinajstić information content (AvgIpc) is 2.66. The van der Waals surface area contributed by atoms with Gasteiger partial charge in [0.15, 0.2) is 0 Å². The molecule has 0 saturated carbocycles. The molecule has 1 fully saturated rings. The van der Waals surface area contributed by atoms with Gasteiger partial charge in [0.05, 0.1) is 29.5 Å². The number of morpholine rings is 1. The number of nitrogens with one attached hydrogen (secondary N) is 1. The fraction of sp³-hybridized carbons (Fsp3) is 0.522. The summed E-state index contributed by atoms with van der Waals surface area (Å²) in [5.74, 6) is -0.235. The molecule has 7 heteroatoms. The Kier molecular flexibility index (Phi) is 5.49. The third-order valence-electron chi connectivity index (χ3n) is 5.79. The first-order valence-corrected chi connectivity index (χ1v) is 10.5. The van der Waals surface area contributed by atoms with Gasteiger partial charge >= 0.3 is 0 Å². The van der Waals surface area contributed by atoms with Crippen molar-refractivity contribution in [3.8, 4) is 0 Å². The number of halogens is 1. The van der Waals surface area contributed by atoms with Crippen LogP contribution >= 0.6 is 0 Å². The van der Waals surface area contributed by atoms with Crippen molar-refractivity contribution >= 4 is 11.9 Å². The van der Waals surface area contributed by atoms with Gasteiger partial charge in [0.1, 0.15) is 5.82 Å². The van der Waals surface area contributed by atoms with Crippen molar-refractivity contribution < 1.29 is 13.9 Å². The van der Waals surface area contributed by atoms with Crippen molar-refractivity contribution in [1.82, 2.24) is 15.3 Å². The Bertz CT molecular complexity index is 939. The molecule has 30 heavy (non-hydrogen) atoms. The maximum atomic E-state index is 14.1. The van der Waals surface area contributed by atoms with Crippen molar-refractivity contribution in [2.24, 2.45) is 5.41 Å². The maximum Gasteiger partial charge on any atom is 0.254 e. The molecule has 3 atom stereocenters. The summed E-state index contributed by atoms with van der Waals surface area (Å²) >= 11 is 0. The lowest BCUT2D eigenvalue weighted by atomic mass is 9.74.